The molecule has 0 heterocycles. The fraction of sp³-hybridized carbons (Fsp3) is 0.667. The van der Waals surface area contributed by atoms with E-state index in [0.29, 0.717) is 6.04 Å². The number of anilines is 1. The van der Waals surface area contributed by atoms with Gasteiger partial charge in [-0.3, -0.25) is 0 Å². The molecule has 20 heavy (non-hydrogen) atoms. The molecule has 1 N–H and O–H groups in total. The second-order valence-corrected chi connectivity index (χ2v) is 6.50. The molecule has 0 aromatic heterocycles. The van der Waals surface area contributed by atoms with Crippen molar-refractivity contribution in [3.63, 3.8) is 0 Å². The fourth-order valence-electron chi connectivity index (χ4n) is 2.86. The first-order valence-corrected chi connectivity index (χ1v) is 8.18. The van der Waals surface area contributed by atoms with Crippen molar-refractivity contribution in [2.75, 3.05) is 18.0 Å². The van der Waals surface area contributed by atoms with Gasteiger partial charge in [-0.05, 0) is 44.2 Å². The number of benzene rings is 1. The highest BCUT2D eigenvalue weighted by molar-refractivity contribution is 5.55. The van der Waals surface area contributed by atoms with Gasteiger partial charge in [-0.25, -0.2) is 0 Å². The summed E-state index contributed by atoms with van der Waals surface area (Å²) in [5.74, 6) is 0.919. The molecule has 1 aliphatic rings. The average molecular weight is 274 g/mol. The Hall–Kier alpha value is -1.02. The second kappa shape index (κ2) is 7.12. The lowest BCUT2D eigenvalue weighted by Crippen LogP contribution is -2.33. The highest BCUT2D eigenvalue weighted by Crippen LogP contribution is 2.30. The Bertz CT molecular complexity index is 421. The molecule has 2 heteroatoms. The van der Waals surface area contributed by atoms with E-state index in [2.05, 4.69) is 56.1 Å². The van der Waals surface area contributed by atoms with Gasteiger partial charge in [0, 0.05) is 31.4 Å². The van der Waals surface area contributed by atoms with Gasteiger partial charge in [-0.1, -0.05) is 38.0 Å². The smallest absolute Gasteiger partial charge is 0.0412 e. The lowest BCUT2D eigenvalue weighted by Gasteiger charge is -2.34. The Morgan fingerprint density at radius 3 is 2.60 bits per heavy atom. The van der Waals surface area contributed by atoms with E-state index in [-0.39, 0.29) is 0 Å². The highest BCUT2D eigenvalue weighted by Gasteiger charge is 2.21. The van der Waals surface area contributed by atoms with Crippen LogP contribution < -0.4 is 10.2 Å². The van der Waals surface area contributed by atoms with E-state index < -0.39 is 0 Å². The van der Waals surface area contributed by atoms with E-state index in [9.17, 15) is 0 Å². The van der Waals surface area contributed by atoms with Crippen molar-refractivity contribution >= 4 is 5.69 Å². The lowest BCUT2D eigenvalue weighted by atomic mass is 9.85. The third-order valence-corrected chi connectivity index (χ3v) is 4.36. The maximum Gasteiger partial charge on any atom is 0.0412 e. The molecule has 0 aliphatic heterocycles. The number of nitrogens with one attached hydrogen (secondary N) is 1. The van der Waals surface area contributed by atoms with Crippen molar-refractivity contribution in [3.8, 4) is 0 Å². The lowest BCUT2D eigenvalue weighted by molar-refractivity contribution is 0.318. The van der Waals surface area contributed by atoms with E-state index in [1.165, 1.54) is 42.6 Å². The molecule has 2 rings (SSSR count). The van der Waals surface area contributed by atoms with Gasteiger partial charge in [0.05, 0.1) is 0 Å². The summed E-state index contributed by atoms with van der Waals surface area (Å²) in [6.07, 6.45) is 4.27. The zero-order chi connectivity index (χ0) is 14.5. The predicted molar refractivity (Wildman–Crippen MR) is 88.4 cm³/mol. The number of aryl methyl sites for hydroxylation is 1. The largest absolute Gasteiger partial charge is 0.371 e. The first kappa shape index (κ1) is 15.4. The van der Waals surface area contributed by atoms with Crippen molar-refractivity contribution in [1.29, 1.82) is 0 Å². The standard InChI is InChI=1S/C18H30N2/c1-5-20(13-16-7-6-8-16)18-10-9-15(4)11-17(18)12-19-14(2)3/h9-11,14,16,19H,5-8,12-13H2,1-4H3. The van der Waals surface area contributed by atoms with Crippen LogP contribution in [0.1, 0.15) is 51.2 Å². The zero-order valence-corrected chi connectivity index (χ0v) is 13.6. The molecule has 2 nitrogen and oxygen atoms in total. The van der Waals surface area contributed by atoms with Crippen LogP contribution in [-0.2, 0) is 6.54 Å². The zero-order valence-electron chi connectivity index (χ0n) is 13.6. The van der Waals surface area contributed by atoms with Gasteiger partial charge in [-0.2, -0.15) is 0 Å². The minimum Gasteiger partial charge on any atom is -0.371 e. The number of rotatable bonds is 7. The average Bonchev–Trinajstić information content (AvgIpc) is 2.36. The van der Waals surface area contributed by atoms with Crippen molar-refractivity contribution in [2.45, 2.75) is 59.5 Å². The number of hydrogen-bond acceptors (Lipinski definition) is 2. The molecule has 0 bridgehead atoms. The SMILES string of the molecule is CCN(CC1CCC1)c1ccc(C)cc1CNC(C)C. The molecular formula is C18H30N2. The van der Waals surface area contributed by atoms with Crippen molar-refractivity contribution in [3.05, 3.63) is 29.3 Å². The highest BCUT2D eigenvalue weighted by atomic mass is 15.1. The molecule has 1 aromatic carbocycles. The van der Waals surface area contributed by atoms with Crippen LogP contribution in [0.15, 0.2) is 18.2 Å². The Morgan fingerprint density at radius 2 is 2.05 bits per heavy atom. The van der Waals surface area contributed by atoms with Gasteiger partial charge in [0.25, 0.3) is 0 Å². The number of hydrogen-bond donors (Lipinski definition) is 1. The molecule has 1 fully saturated rings. The molecular weight excluding hydrogens is 244 g/mol. The molecule has 0 saturated heterocycles. The molecule has 1 aliphatic carbocycles. The van der Waals surface area contributed by atoms with Gasteiger partial charge in [0.15, 0.2) is 0 Å². The maximum absolute atomic E-state index is 3.56. The molecule has 1 saturated carbocycles. The van der Waals surface area contributed by atoms with E-state index in [1.54, 1.807) is 0 Å². The molecule has 0 unspecified atom stereocenters. The van der Waals surface area contributed by atoms with Gasteiger partial charge < -0.3 is 10.2 Å². The van der Waals surface area contributed by atoms with Crippen molar-refractivity contribution < 1.29 is 0 Å². The summed E-state index contributed by atoms with van der Waals surface area (Å²) in [5, 5.41) is 3.56. The van der Waals surface area contributed by atoms with E-state index in [1.807, 2.05) is 0 Å². The summed E-state index contributed by atoms with van der Waals surface area (Å²) in [4.78, 5) is 2.57. The van der Waals surface area contributed by atoms with Crippen molar-refractivity contribution in [1.82, 2.24) is 5.32 Å². The van der Waals surface area contributed by atoms with E-state index in [0.717, 1.165) is 19.0 Å². The molecule has 112 valence electrons. The first-order chi connectivity index (χ1) is 9.60. The van der Waals surface area contributed by atoms with Crippen molar-refractivity contribution in [2.24, 2.45) is 5.92 Å². The first-order valence-electron chi connectivity index (χ1n) is 8.18. The van der Waals surface area contributed by atoms with Crippen LogP contribution in [0.2, 0.25) is 0 Å². The Labute approximate surface area is 124 Å². The minimum atomic E-state index is 0.532. The Balaban J connectivity index is 2.13. The normalized spacial score (nSPS) is 15.4. The van der Waals surface area contributed by atoms with Crippen LogP contribution in [0.25, 0.3) is 0 Å². The summed E-state index contributed by atoms with van der Waals surface area (Å²) in [5.41, 5.74) is 4.23. The van der Waals surface area contributed by atoms with Crippen LogP contribution in [0.4, 0.5) is 5.69 Å². The number of nitrogens with zero attached hydrogens (tertiary/aromatic N) is 1. The summed E-state index contributed by atoms with van der Waals surface area (Å²) in [6, 6.07) is 7.44. The van der Waals surface area contributed by atoms with Gasteiger partial charge in [-0.15, -0.1) is 0 Å². The van der Waals surface area contributed by atoms with E-state index >= 15 is 0 Å². The predicted octanol–water partition coefficient (Wildman–Crippen LogP) is 4.12. The summed E-state index contributed by atoms with van der Waals surface area (Å²) >= 11 is 0. The van der Waals surface area contributed by atoms with Crippen LogP contribution in [0, 0.1) is 12.8 Å². The van der Waals surface area contributed by atoms with Crippen LogP contribution in [0.5, 0.6) is 0 Å². The third-order valence-electron chi connectivity index (χ3n) is 4.36. The van der Waals surface area contributed by atoms with Gasteiger partial charge in [0.2, 0.25) is 0 Å². The Morgan fingerprint density at radius 1 is 1.30 bits per heavy atom. The topological polar surface area (TPSA) is 15.3 Å². The van der Waals surface area contributed by atoms with Gasteiger partial charge in [0.1, 0.15) is 0 Å². The third kappa shape index (κ3) is 3.99. The minimum absolute atomic E-state index is 0.532. The van der Waals surface area contributed by atoms with Gasteiger partial charge >= 0.3 is 0 Å². The monoisotopic (exact) mass is 274 g/mol. The quantitative estimate of drug-likeness (QED) is 0.804. The summed E-state index contributed by atoms with van der Waals surface area (Å²) in [7, 11) is 0. The fourth-order valence-corrected chi connectivity index (χ4v) is 2.86. The maximum atomic E-state index is 3.56. The second-order valence-electron chi connectivity index (χ2n) is 6.50. The molecule has 0 amide bonds. The summed E-state index contributed by atoms with van der Waals surface area (Å²) < 4.78 is 0. The molecule has 1 aromatic rings. The van der Waals surface area contributed by atoms with Crippen LogP contribution in [-0.4, -0.2) is 19.1 Å². The summed E-state index contributed by atoms with van der Waals surface area (Å²) in [6.45, 7) is 12.2. The van der Waals surface area contributed by atoms with E-state index in [4.69, 9.17) is 0 Å². The van der Waals surface area contributed by atoms with Crippen LogP contribution >= 0.6 is 0 Å². The Kier molecular flexibility index (Phi) is 5.47. The van der Waals surface area contributed by atoms with Crippen LogP contribution in [0.3, 0.4) is 0 Å². The molecule has 0 atom stereocenters. The molecule has 0 radical (unpaired) electrons. The molecule has 0 spiro atoms.